The van der Waals surface area contributed by atoms with Crippen molar-refractivity contribution in [1.29, 1.82) is 0 Å². The van der Waals surface area contributed by atoms with Crippen LogP contribution in [0.3, 0.4) is 0 Å². The minimum absolute atomic E-state index is 0.794. The number of thioether (sulfide) groups is 1. The van der Waals surface area contributed by atoms with Gasteiger partial charge in [0.15, 0.2) is 0 Å². The smallest absolute Gasteiger partial charge is 0.0964 e. The number of hydrogen-bond acceptors (Lipinski definition) is 4. The maximum absolute atomic E-state index is 3.98. The molecule has 14 heavy (non-hydrogen) atoms. The lowest BCUT2D eigenvalue weighted by Crippen LogP contribution is -2.16. The van der Waals surface area contributed by atoms with Crippen LogP contribution in [-0.4, -0.2) is 33.0 Å². The first-order chi connectivity index (χ1) is 6.83. The van der Waals surface area contributed by atoms with E-state index in [-0.39, 0.29) is 0 Å². The molecule has 0 saturated heterocycles. The summed E-state index contributed by atoms with van der Waals surface area (Å²) in [5.41, 5.74) is 0.987. The predicted octanol–water partition coefficient (Wildman–Crippen LogP) is 0.824. The Morgan fingerprint density at radius 3 is 3.21 bits per heavy atom. The van der Waals surface area contributed by atoms with Gasteiger partial charge in [0.1, 0.15) is 0 Å². The van der Waals surface area contributed by atoms with Gasteiger partial charge >= 0.3 is 0 Å². The third kappa shape index (κ3) is 4.43. The van der Waals surface area contributed by atoms with Gasteiger partial charge in [-0.1, -0.05) is 11.3 Å². The van der Waals surface area contributed by atoms with Crippen molar-refractivity contribution >= 4 is 11.8 Å². The molecule has 1 N–H and O–H groups in total. The molecule has 0 fully saturated rings. The minimum Gasteiger partial charge on any atom is -0.310 e. The molecule has 5 heteroatoms. The van der Waals surface area contributed by atoms with E-state index in [9.17, 15) is 0 Å². The van der Waals surface area contributed by atoms with Gasteiger partial charge in [0.05, 0.1) is 5.69 Å². The molecular weight excluding hydrogens is 196 g/mol. The lowest BCUT2D eigenvalue weighted by Gasteiger charge is -2.00. The molecule has 1 aromatic rings. The first-order valence-corrected chi connectivity index (χ1v) is 5.73. The van der Waals surface area contributed by atoms with Gasteiger partial charge in [-0.05, 0) is 0 Å². The van der Waals surface area contributed by atoms with E-state index in [0.29, 0.717) is 0 Å². The van der Waals surface area contributed by atoms with Crippen molar-refractivity contribution in [2.45, 2.75) is 6.54 Å². The summed E-state index contributed by atoms with van der Waals surface area (Å²) < 4.78 is 1.71. The summed E-state index contributed by atoms with van der Waals surface area (Å²) in [6.07, 6.45) is 3.84. The van der Waals surface area contributed by atoms with Crippen molar-refractivity contribution in [3.63, 3.8) is 0 Å². The molecule has 0 saturated carbocycles. The van der Waals surface area contributed by atoms with Crippen molar-refractivity contribution in [2.75, 3.05) is 18.1 Å². The Balaban J connectivity index is 2.01. The summed E-state index contributed by atoms with van der Waals surface area (Å²) in [6.45, 7) is 5.46. The molecular formula is C9H16N4S. The normalized spacial score (nSPS) is 10.4. The largest absolute Gasteiger partial charge is 0.310 e. The molecule has 0 aromatic carbocycles. The maximum atomic E-state index is 3.98. The third-order valence-corrected chi connectivity index (χ3v) is 2.58. The van der Waals surface area contributed by atoms with Crippen LogP contribution in [0.1, 0.15) is 5.69 Å². The van der Waals surface area contributed by atoms with Gasteiger partial charge in [0.2, 0.25) is 0 Å². The first-order valence-electron chi connectivity index (χ1n) is 4.57. The van der Waals surface area contributed by atoms with Crippen LogP contribution in [0.2, 0.25) is 0 Å². The zero-order valence-electron chi connectivity index (χ0n) is 8.44. The van der Waals surface area contributed by atoms with Gasteiger partial charge in [-0.3, -0.25) is 4.68 Å². The Kier molecular flexibility index (Phi) is 5.32. The second-order valence-electron chi connectivity index (χ2n) is 2.92. The number of aromatic nitrogens is 3. The van der Waals surface area contributed by atoms with Crippen molar-refractivity contribution in [3.05, 3.63) is 24.5 Å². The van der Waals surface area contributed by atoms with Crippen molar-refractivity contribution in [2.24, 2.45) is 7.05 Å². The van der Waals surface area contributed by atoms with E-state index in [4.69, 9.17) is 0 Å². The van der Waals surface area contributed by atoms with Crippen molar-refractivity contribution in [3.8, 4) is 0 Å². The Bertz CT molecular complexity index is 272. The molecule has 1 rings (SSSR count). The van der Waals surface area contributed by atoms with E-state index in [1.54, 1.807) is 4.68 Å². The number of nitrogens with one attached hydrogen (secondary N) is 1. The molecule has 1 aromatic heterocycles. The summed E-state index contributed by atoms with van der Waals surface area (Å²) in [7, 11) is 1.87. The molecule has 0 atom stereocenters. The maximum Gasteiger partial charge on any atom is 0.0964 e. The Hall–Kier alpha value is -0.810. The van der Waals surface area contributed by atoms with Crippen LogP contribution < -0.4 is 5.32 Å². The number of hydrogen-bond donors (Lipinski definition) is 1. The standard InChI is InChI=1S/C9H16N4S/c1-3-5-14-6-4-10-7-9-8-13(2)12-11-9/h3,8,10H,1,4-7H2,2H3. The third-order valence-electron chi connectivity index (χ3n) is 1.62. The highest BCUT2D eigenvalue weighted by Crippen LogP contribution is 1.97. The van der Waals surface area contributed by atoms with Gasteiger partial charge in [-0.2, -0.15) is 11.8 Å². The molecule has 0 aliphatic rings. The van der Waals surface area contributed by atoms with Crippen molar-refractivity contribution in [1.82, 2.24) is 20.3 Å². The Labute approximate surface area is 88.8 Å². The van der Waals surface area contributed by atoms with Crippen LogP contribution in [0.4, 0.5) is 0 Å². The molecule has 0 aliphatic heterocycles. The lowest BCUT2D eigenvalue weighted by molar-refractivity contribution is 0.698. The second-order valence-corrected chi connectivity index (χ2v) is 4.07. The molecule has 0 radical (unpaired) electrons. The van der Waals surface area contributed by atoms with E-state index >= 15 is 0 Å². The quantitative estimate of drug-likeness (QED) is 0.537. The van der Waals surface area contributed by atoms with E-state index in [2.05, 4.69) is 22.2 Å². The lowest BCUT2D eigenvalue weighted by atomic mass is 10.5. The Morgan fingerprint density at radius 1 is 1.71 bits per heavy atom. The molecule has 1 heterocycles. The SMILES string of the molecule is C=CCSCCNCc1cn(C)nn1. The van der Waals surface area contributed by atoms with Gasteiger partial charge < -0.3 is 5.32 Å². The highest BCUT2D eigenvalue weighted by atomic mass is 32.2. The van der Waals surface area contributed by atoms with Crippen LogP contribution in [0.15, 0.2) is 18.9 Å². The summed E-state index contributed by atoms with van der Waals surface area (Å²) in [5.74, 6) is 2.12. The zero-order valence-corrected chi connectivity index (χ0v) is 9.26. The topological polar surface area (TPSA) is 42.7 Å². The fourth-order valence-electron chi connectivity index (χ4n) is 1.00. The summed E-state index contributed by atoms with van der Waals surface area (Å²) in [6, 6.07) is 0. The molecule has 0 spiro atoms. The van der Waals surface area contributed by atoms with Gasteiger partial charge in [0, 0.05) is 37.8 Å². The van der Waals surface area contributed by atoms with E-state index < -0.39 is 0 Å². The van der Waals surface area contributed by atoms with Crippen LogP contribution >= 0.6 is 11.8 Å². The second kappa shape index (κ2) is 6.62. The minimum atomic E-state index is 0.794. The predicted molar refractivity (Wildman–Crippen MR) is 60.2 cm³/mol. The van der Waals surface area contributed by atoms with E-state index in [1.165, 1.54) is 0 Å². The molecule has 0 unspecified atom stereocenters. The fraction of sp³-hybridized carbons (Fsp3) is 0.556. The van der Waals surface area contributed by atoms with Crippen LogP contribution in [0, 0.1) is 0 Å². The summed E-state index contributed by atoms with van der Waals surface area (Å²) in [5, 5.41) is 11.1. The molecule has 0 aliphatic carbocycles. The van der Waals surface area contributed by atoms with Crippen LogP contribution in [0.5, 0.6) is 0 Å². The van der Waals surface area contributed by atoms with Gasteiger partial charge in [-0.25, -0.2) is 0 Å². The summed E-state index contributed by atoms with van der Waals surface area (Å²) in [4.78, 5) is 0. The number of rotatable bonds is 7. The highest BCUT2D eigenvalue weighted by Gasteiger charge is 1.96. The summed E-state index contributed by atoms with van der Waals surface area (Å²) >= 11 is 1.87. The van der Waals surface area contributed by atoms with Crippen molar-refractivity contribution < 1.29 is 0 Å². The van der Waals surface area contributed by atoms with Crippen LogP contribution in [-0.2, 0) is 13.6 Å². The van der Waals surface area contributed by atoms with Gasteiger partial charge in [0.25, 0.3) is 0 Å². The first kappa shape index (κ1) is 11.3. The number of nitrogens with zero attached hydrogens (tertiary/aromatic N) is 3. The highest BCUT2D eigenvalue weighted by molar-refractivity contribution is 7.99. The monoisotopic (exact) mass is 212 g/mol. The number of aryl methyl sites for hydroxylation is 1. The molecule has 0 bridgehead atoms. The average molecular weight is 212 g/mol. The average Bonchev–Trinajstić information content (AvgIpc) is 2.58. The Morgan fingerprint density at radius 2 is 2.57 bits per heavy atom. The van der Waals surface area contributed by atoms with Gasteiger partial charge in [-0.15, -0.1) is 11.7 Å². The fourth-order valence-corrected chi connectivity index (χ4v) is 1.63. The van der Waals surface area contributed by atoms with E-state index in [1.807, 2.05) is 31.1 Å². The van der Waals surface area contributed by atoms with E-state index in [0.717, 1.165) is 30.3 Å². The zero-order chi connectivity index (χ0) is 10.2. The molecule has 0 amide bonds. The van der Waals surface area contributed by atoms with Crippen LogP contribution in [0.25, 0.3) is 0 Å². The molecule has 78 valence electrons. The molecule has 4 nitrogen and oxygen atoms in total.